The highest BCUT2D eigenvalue weighted by molar-refractivity contribution is 5.76. The lowest BCUT2D eigenvalue weighted by Crippen LogP contribution is -2.58. The number of hydrogen-bond acceptors (Lipinski definition) is 7. The summed E-state index contributed by atoms with van der Waals surface area (Å²) in [4.78, 5) is 41.4. The summed E-state index contributed by atoms with van der Waals surface area (Å²) in [5.74, 6) is -0.655. The molecule has 2 aromatic heterocycles. The first kappa shape index (κ1) is 30.7. The van der Waals surface area contributed by atoms with Gasteiger partial charge >= 0.3 is 12.3 Å². The Labute approximate surface area is 241 Å². The number of aryl methyl sites for hydroxylation is 2. The van der Waals surface area contributed by atoms with Crippen molar-refractivity contribution in [3.05, 3.63) is 71.1 Å². The fourth-order valence-electron chi connectivity index (χ4n) is 5.77. The van der Waals surface area contributed by atoms with Crippen LogP contribution in [0, 0.1) is 5.41 Å². The van der Waals surface area contributed by atoms with E-state index in [2.05, 4.69) is 25.3 Å². The normalized spacial score (nSPS) is 17.6. The lowest BCUT2D eigenvalue weighted by molar-refractivity contribution is -0.138. The summed E-state index contributed by atoms with van der Waals surface area (Å²) < 4.78 is 41.4. The van der Waals surface area contributed by atoms with Crippen LogP contribution in [0.15, 0.2) is 42.9 Å². The van der Waals surface area contributed by atoms with Crippen molar-refractivity contribution in [2.75, 3.05) is 11.9 Å². The van der Waals surface area contributed by atoms with E-state index < -0.39 is 34.7 Å². The largest absolute Gasteiger partial charge is 0.465 e. The van der Waals surface area contributed by atoms with E-state index in [9.17, 15) is 27.9 Å². The fourth-order valence-corrected chi connectivity index (χ4v) is 5.77. The lowest BCUT2D eigenvalue weighted by atomic mass is 9.64. The van der Waals surface area contributed by atoms with E-state index in [0.29, 0.717) is 30.0 Å². The van der Waals surface area contributed by atoms with Gasteiger partial charge in [-0.1, -0.05) is 32.9 Å². The number of likely N-dealkylation sites (tertiary alicyclic amines) is 1. The molecule has 42 heavy (non-hydrogen) atoms. The summed E-state index contributed by atoms with van der Waals surface area (Å²) in [7, 11) is 0. The molecule has 0 saturated carbocycles. The van der Waals surface area contributed by atoms with Crippen molar-refractivity contribution in [2.45, 2.75) is 71.0 Å². The van der Waals surface area contributed by atoms with Crippen LogP contribution in [0.4, 0.5) is 29.6 Å². The minimum atomic E-state index is -4.68. The number of piperidine rings is 1. The topological polar surface area (TPSA) is 147 Å². The second-order valence-electron chi connectivity index (χ2n) is 11.3. The number of carboxylic acid groups (broad SMARTS) is 1. The molecule has 10 nitrogen and oxygen atoms in total. The van der Waals surface area contributed by atoms with E-state index in [-0.39, 0.29) is 30.9 Å². The van der Waals surface area contributed by atoms with Crippen LogP contribution in [0.5, 0.6) is 0 Å². The summed E-state index contributed by atoms with van der Waals surface area (Å²) in [6.45, 7) is 6.51. The van der Waals surface area contributed by atoms with Crippen LogP contribution in [0.25, 0.3) is 0 Å². The third-order valence-electron chi connectivity index (χ3n) is 7.70. The van der Waals surface area contributed by atoms with Gasteiger partial charge in [0.05, 0.1) is 34.6 Å². The molecule has 1 aromatic carbocycles. The van der Waals surface area contributed by atoms with E-state index >= 15 is 0 Å². The van der Waals surface area contributed by atoms with Crippen LogP contribution in [-0.2, 0) is 35.8 Å². The van der Waals surface area contributed by atoms with Gasteiger partial charge in [0, 0.05) is 30.8 Å². The van der Waals surface area contributed by atoms with Crippen molar-refractivity contribution in [3.8, 4) is 0 Å². The number of primary amides is 1. The van der Waals surface area contributed by atoms with Gasteiger partial charge in [-0.15, -0.1) is 0 Å². The van der Waals surface area contributed by atoms with Crippen molar-refractivity contribution < 1.29 is 27.9 Å². The highest BCUT2D eigenvalue weighted by atomic mass is 19.4. The number of nitrogens with zero attached hydrogens (tertiary/aromatic N) is 5. The summed E-state index contributed by atoms with van der Waals surface area (Å²) in [5, 5.41) is 13.0. The summed E-state index contributed by atoms with van der Waals surface area (Å²) >= 11 is 0. The molecule has 0 bridgehead atoms. The smallest absolute Gasteiger partial charge is 0.419 e. The summed E-state index contributed by atoms with van der Waals surface area (Å²) in [6.07, 6.45) is -0.0217. The molecule has 0 aliphatic carbocycles. The van der Waals surface area contributed by atoms with E-state index in [1.54, 1.807) is 12.1 Å². The highest BCUT2D eigenvalue weighted by Gasteiger charge is 2.51. The van der Waals surface area contributed by atoms with Crippen molar-refractivity contribution in [1.82, 2.24) is 24.8 Å². The maximum absolute atomic E-state index is 13.8. The monoisotopic (exact) mass is 585 g/mol. The predicted molar refractivity (Wildman–Crippen MR) is 149 cm³/mol. The molecule has 1 aliphatic heterocycles. The average molecular weight is 586 g/mol. The third-order valence-corrected chi connectivity index (χ3v) is 7.70. The first-order valence-corrected chi connectivity index (χ1v) is 13.6. The zero-order valence-electron chi connectivity index (χ0n) is 23.7. The first-order valence-electron chi connectivity index (χ1n) is 13.6. The molecule has 3 aromatic rings. The van der Waals surface area contributed by atoms with Crippen LogP contribution in [0.3, 0.4) is 0 Å². The average Bonchev–Trinajstić information content (AvgIpc) is 2.91. The molecule has 1 atom stereocenters. The van der Waals surface area contributed by atoms with Gasteiger partial charge in [0.15, 0.2) is 0 Å². The molecular formula is C29H34F3N7O3. The van der Waals surface area contributed by atoms with Gasteiger partial charge in [-0.05, 0) is 55.2 Å². The Morgan fingerprint density at radius 2 is 1.64 bits per heavy atom. The first-order chi connectivity index (χ1) is 19.7. The Kier molecular flexibility index (Phi) is 8.69. The quantitative estimate of drug-likeness (QED) is 0.325. The van der Waals surface area contributed by atoms with E-state index in [4.69, 9.17) is 5.73 Å². The molecule has 224 valence electrons. The van der Waals surface area contributed by atoms with Crippen molar-refractivity contribution in [3.63, 3.8) is 0 Å². The Hall–Kier alpha value is -4.29. The van der Waals surface area contributed by atoms with E-state index in [0.717, 1.165) is 24.6 Å². The maximum atomic E-state index is 13.8. The Balaban J connectivity index is 1.60. The fraction of sp³-hybridized carbons (Fsp3) is 0.448. The number of alkyl halides is 3. The van der Waals surface area contributed by atoms with Gasteiger partial charge in [0.2, 0.25) is 11.9 Å². The Morgan fingerprint density at radius 3 is 2.24 bits per heavy atom. The molecule has 1 saturated heterocycles. The van der Waals surface area contributed by atoms with E-state index in [1.165, 1.54) is 17.3 Å². The molecular weight excluding hydrogens is 551 g/mol. The van der Waals surface area contributed by atoms with Crippen LogP contribution < -0.4 is 11.1 Å². The van der Waals surface area contributed by atoms with Gasteiger partial charge in [0.1, 0.15) is 0 Å². The van der Waals surface area contributed by atoms with E-state index in [1.807, 2.05) is 32.9 Å². The minimum Gasteiger partial charge on any atom is -0.465 e. The molecule has 1 fully saturated rings. The number of amides is 2. The van der Waals surface area contributed by atoms with Gasteiger partial charge in [-0.25, -0.2) is 14.8 Å². The molecule has 1 unspecified atom stereocenters. The van der Waals surface area contributed by atoms with Crippen LogP contribution in [0.2, 0.25) is 0 Å². The minimum absolute atomic E-state index is 0.0300. The number of carbonyl (C=O) groups is 2. The number of nitrogens with one attached hydrogen (secondary N) is 1. The number of anilines is 2. The van der Waals surface area contributed by atoms with Gasteiger partial charge < -0.3 is 16.2 Å². The van der Waals surface area contributed by atoms with Crippen molar-refractivity contribution >= 4 is 23.6 Å². The molecule has 13 heteroatoms. The van der Waals surface area contributed by atoms with Crippen molar-refractivity contribution in [1.29, 1.82) is 0 Å². The standard InChI is InChI=1S/C29H34F3N7O3/c1-27(2,3)28(12-4-5-15-39(28)26(41)42)18-6-8-19(9-7-18)37-25-36-17-20(29(30,31)32)21(38-25)10-11-22-23(16-24(33)40)35-14-13-34-22/h6-9,13-14,17H,4-5,10-12,15-16H2,1-3H3,(H2,33,40)(H,41,42)(H,36,37,38). The third kappa shape index (κ3) is 6.44. The zero-order chi connectivity index (χ0) is 30.7. The molecule has 4 N–H and O–H groups in total. The van der Waals surface area contributed by atoms with Crippen LogP contribution in [0.1, 0.15) is 68.2 Å². The molecule has 2 amide bonds. The van der Waals surface area contributed by atoms with Gasteiger partial charge in [-0.2, -0.15) is 13.2 Å². The van der Waals surface area contributed by atoms with Gasteiger partial charge in [-0.3, -0.25) is 19.7 Å². The number of hydrogen-bond donors (Lipinski definition) is 3. The van der Waals surface area contributed by atoms with Crippen molar-refractivity contribution in [2.24, 2.45) is 11.1 Å². The highest BCUT2D eigenvalue weighted by Crippen LogP contribution is 2.50. The van der Waals surface area contributed by atoms with Crippen LogP contribution in [-0.4, -0.2) is 48.5 Å². The second kappa shape index (κ2) is 11.9. The number of halogens is 3. The molecule has 4 rings (SSSR count). The Bertz CT molecular complexity index is 1440. The number of carbonyl (C=O) groups excluding carboxylic acids is 1. The zero-order valence-corrected chi connectivity index (χ0v) is 23.7. The molecule has 1 aliphatic rings. The second-order valence-corrected chi connectivity index (χ2v) is 11.3. The summed E-state index contributed by atoms with van der Waals surface area (Å²) in [6, 6.07) is 7.17. The Morgan fingerprint density at radius 1 is 1.00 bits per heavy atom. The molecule has 0 spiro atoms. The summed E-state index contributed by atoms with van der Waals surface area (Å²) in [5.41, 5.74) is 4.96. The maximum Gasteiger partial charge on any atom is 0.419 e. The lowest BCUT2D eigenvalue weighted by Gasteiger charge is -2.54. The number of nitrogens with two attached hydrogens (primary N) is 1. The molecule has 0 radical (unpaired) electrons. The van der Waals surface area contributed by atoms with Crippen LogP contribution >= 0.6 is 0 Å². The number of benzene rings is 1. The SMILES string of the molecule is CC(C)(C)C1(c2ccc(Nc3ncc(C(F)(F)F)c(CCc4nccnc4CC(N)=O)n3)cc2)CCCCN1C(=O)O. The number of aromatic nitrogens is 4. The van der Waals surface area contributed by atoms with Gasteiger partial charge in [0.25, 0.3) is 0 Å². The number of rotatable bonds is 8. The predicted octanol–water partition coefficient (Wildman–Crippen LogP) is 5.25. The molecule has 3 heterocycles.